The van der Waals surface area contributed by atoms with Gasteiger partial charge in [-0.1, -0.05) is 5.92 Å². The highest BCUT2D eigenvalue weighted by Crippen LogP contribution is 1.95. The fraction of sp³-hybridized carbons (Fsp3) is 0.500. The lowest BCUT2D eigenvalue weighted by molar-refractivity contribution is -0.117. The molecule has 1 aromatic heterocycles. The predicted octanol–water partition coefficient (Wildman–Crippen LogP) is -0.368. The summed E-state index contributed by atoms with van der Waals surface area (Å²) in [5.41, 5.74) is 0. The maximum Gasteiger partial charge on any atom is 0.154 e. The van der Waals surface area contributed by atoms with E-state index in [9.17, 15) is 4.79 Å². The van der Waals surface area contributed by atoms with Gasteiger partial charge in [0.05, 0.1) is 19.5 Å². The van der Waals surface area contributed by atoms with E-state index in [4.69, 9.17) is 6.42 Å². The first-order valence-electron chi connectivity index (χ1n) is 4.80. The number of rotatable bonds is 6. The minimum Gasteiger partial charge on any atom is -0.299 e. The van der Waals surface area contributed by atoms with E-state index in [-0.39, 0.29) is 12.3 Å². The number of Topliss-reactive ketones (excluding diaryl/α,β-unsaturated/α-hetero) is 1. The number of terminal acetylenes is 1. The van der Waals surface area contributed by atoms with Gasteiger partial charge in [-0.15, -0.1) is 6.42 Å². The van der Waals surface area contributed by atoms with Crippen LogP contribution in [0.25, 0.3) is 0 Å². The Morgan fingerprint density at radius 3 is 3.20 bits per heavy atom. The molecule has 0 fully saturated rings. The van der Waals surface area contributed by atoms with E-state index in [1.165, 1.54) is 6.33 Å². The zero-order chi connectivity index (χ0) is 11.1. The topological polar surface area (TPSA) is 59.8 Å². The van der Waals surface area contributed by atoms with E-state index >= 15 is 0 Å². The van der Waals surface area contributed by atoms with Gasteiger partial charge < -0.3 is 0 Å². The largest absolute Gasteiger partial charge is 0.299 e. The van der Waals surface area contributed by atoms with Crippen molar-refractivity contribution in [2.45, 2.75) is 19.9 Å². The van der Waals surface area contributed by atoms with Crippen LogP contribution in [-0.2, 0) is 17.8 Å². The van der Waals surface area contributed by atoms with E-state index in [2.05, 4.69) is 21.3 Å². The second-order valence-electron chi connectivity index (χ2n) is 3.02. The van der Waals surface area contributed by atoms with Gasteiger partial charge >= 0.3 is 0 Å². The molecule has 1 heterocycles. The molecule has 0 radical (unpaired) electrons. The predicted molar refractivity (Wildman–Crippen MR) is 56.1 cm³/mol. The fourth-order valence-corrected chi connectivity index (χ4v) is 1.20. The Kier molecular flexibility index (Phi) is 4.51. The molecule has 1 aromatic rings. The number of hydrogen-bond donors (Lipinski definition) is 1. The highest BCUT2D eigenvalue weighted by Gasteiger charge is 2.08. The van der Waals surface area contributed by atoms with Crippen LogP contribution in [-0.4, -0.2) is 33.6 Å². The van der Waals surface area contributed by atoms with Gasteiger partial charge in [0.1, 0.15) is 12.2 Å². The SMILES string of the molecule is C#CCNCC(=O)Cc1ncnn1CC. The third-order valence-electron chi connectivity index (χ3n) is 1.90. The zero-order valence-corrected chi connectivity index (χ0v) is 8.73. The lowest BCUT2D eigenvalue weighted by atomic mass is 10.2. The van der Waals surface area contributed by atoms with E-state index in [1.807, 2.05) is 6.92 Å². The molecular weight excluding hydrogens is 192 g/mol. The van der Waals surface area contributed by atoms with Crippen molar-refractivity contribution < 1.29 is 4.79 Å². The molecule has 80 valence electrons. The lowest BCUT2D eigenvalue weighted by Gasteiger charge is -2.02. The molecule has 0 saturated heterocycles. The van der Waals surface area contributed by atoms with E-state index in [0.29, 0.717) is 18.8 Å². The molecule has 5 nitrogen and oxygen atoms in total. The molecule has 5 heteroatoms. The van der Waals surface area contributed by atoms with Gasteiger partial charge in [-0.25, -0.2) is 9.67 Å². The van der Waals surface area contributed by atoms with Crippen LogP contribution < -0.4 is 5.32 Å². The first-order chi connectivity index (χ1) is 7.27. The number of carbonyl (C=O) groups excluding carboxylic acids is 1. The summed E-state index contributed by atoms with van der Waals surface area (Å²) >= 11 is 0. The Labute approximate surface area is 88.9 Å². The number of aromatic nitrogens is 3. The standard InChI is InChI=1S/C10H14N4O/c1-3-5-11-7-9(15)6-10-12-8-13-14(10)4-2/h1,8,11H,4-7H2,2H3. The van der Waals surface area contributed by atoms with Crippen LogP contribution in [0.2, 0.25) is 0 Å². The average molecular weight is 206 g/mol. The van der Waals surface area contributed by atoms with Crippen molar-refractivity contribution in [3.63, 3.8) is 0 Å². The molecule has 0 bridgehead atoms. The van der Waals surface area contributed by atoms with E-state index < -0.39 is 0 Å². The number of aryl methyl sites for hydroxylation is 1. The van der Waals surface area contributed by atoms with Crippen LogP contribution in [0.3, 0.4) is 0 Å². The van der Waals surface area contributed by atoms with Gasteiger partial charge in [-0.3, -0.25) is 10.1 Å². The molecule has 0 spiro atoms. The van der Waals surface area contributed by atoms with Crippen molar-refractivity contribution >= 4 is 5.78 Å². The second kappa shape index (κ2) is 5.94. The van der Waals surface area contributed by atoms with Crippen LogP contribution >= 0.6 is 0 Å². The number of nitrogens with zero attached hydrogens (tertiary/aromatic N) is 3. The zero-order valence-electron chi connectivity index (χ0n) is 8.73. The van der Waals surface area contributed by atoms with Crippen molar-refractivity contribution in [3.05, 3.63) is 12.2 Å². The summed E-state index contributed by atoms with van der Waals surface area (Å²) in [5.74, 6) is 3.17. The first-order valence-corrected chi connectivity index (χ1v) is 4.80. The van der Waals surface area contributed by atoms with E-state index in [0.717, 1.165) is 6.54 Å². The summed E-state index contributed by atoms with van der Waals surface area (Å²) in [7, 11) is 0. The summed E-state index contributed by atoms with van der Waals surface area (Å²) in [5, 5.41) is 6.83. The Balaban J connectivity index is 2.41. The number of carbonyl (C=O) groups is 1. The van der Waals surface area contributed by atoms with Gasteiger partial charge in [0.25, 0.3) is 0 Å². The number of ketones is 1. The summed E-state index contributed by atoms with van der Waals surface area (Å²) < 4.78 is 1.71. The third-order valence-corrected chi connectivity index (χ3v) is 1.90. The Morgan fingerprint density at radius 2 is 2.53 bits per heavy atom. The van der Waals surface area contributed by atoms with Gasteiger partial charge in [0.2, 0.25) is 0 Å². The monoisotopic (exact) mass is 206 g/mol. The van der Waals surface area contributed by atoms with Gasteiger partial charge in [0, 0.05) is 6.54 Å². The molecule has 15 heavy (non-hydrogen) atoms. The van der Waals surface area contributed by atoms with Gasteiger partial charge in [0.15, 0.2) is 5.78 Å². The number of hydrogen-bond acceptors (Lipinski definition) is 4. The van der Waals surface area contributed by atoms with Gasteiger partial charge in [-0.2, -0.15) is 5.10 Å². The lowest BCUT2D eigenvalue weighted by Crippen LogP contribution is -2.25. The normalized spacial score (nSPS) is 9.87. The molecule has 0 aliphatic rings. The molecule has 1 rings (SSSR count). The summed E-state index contributed by atoms with van der Waals surface area (Å²) in [6, 6.07) is 0. The van der Waals surface area contributed by atoms with Crippen LogP contribution in [0.5, 0.6) is 0 Å². The molecule has 0 saturated carbocycles. The number of nitrogens with one attached hydrogen (secondary N) is 1. The molecule has 0 unspecified atom stereocenters. The molecular formula is C10H14N4O. The third kappa shape index (κ3) is 3.52. The van der Waals surface area contributed by atoms with Crippen LogP contribution in [0, 0.1) is 12.3 Å². The Morgan fingerprint density at radius 1 is 1.73 bits per heavy atom. The molecule has 0 aliphatic heterocycles. The Bertz CT molecular complexity index is 364. The average Bonchev–Trinajstić information content (AvgIpc) is 2.65. The van der Waals surface area contributed by atoms with Crippen molar-refractivity contribution in [3.8, 4) is 12.3 Å². The maximum atomic E-state index is 11.4. The summed E-state index contributed by atoms with van der Waals surface area (Å²) in [6.07, 6.45) is 6.80. The van der Waals surface area contributed by atoms with Crippen LogP contribution in [0.4, 0.5) is 0 Å². The first kappa shape index (κ1) is 11.4. The van der Waals surface area contributed by atoms with Crippen molar-refractivity contribution in [1.29, 1.82) is 0 Å². The van der Waals surface area contributed by atoms with E-state index in [1.54, 1.807) is 4.68 Å². The van der Waals surface area contributed by atoms with Gasteiger partial charge in [-0.05, 0) is 6.92 Å². The summed E-state index contributed by atoms with van der Waals surface area (Å²) in [4.78, 5) is 15.5. The van der Waals surface area contributed by atoms with Crippen molar-refractivity contribution in [2.24, 2.45) is 0 Å². The van der Waals surface area contributed by atoms with Crippen LogP contribution in [0.15, 0.2) is 6.33 Å². The molecule has 0 atom stereocenters. The smallest absolute Gasteiger partial charge is 0.154 e. The molecule has 0 amide bonds. The fourth-order valence-electron chi connectivity index (χ4n) is 1.20. The van der Waals surface area contributed by atoms with Crippen molar-refractivity contribution in [2.75, 3.05) is 13.1 Å². The molecule has 0 aromatic carbocycles. The highest BCUT2D eigenvalue weighted by atomic mass is 16.1. The maximum absolute atomic E-state index is 11.4. The molecule has 0 aliphatic carbocycles. The minimum absolute atomic E-state index is 0.0629. The second-order valence-corrected chi connectivity index (χ2v) is 3.02. The Hall–Kier alpha value is -1.67. The summed E-state index contributed by atoms with van der Waals surface area (Å²) in [6.45, 7) is 3.37. The quantitative estimate of drug-likeness (QED) is 0.509. The van der Waals surface area contributed by atoms with Crippen LogP contribution in [0.1, 0.15) is 12.7 Å². The molecule has 1 N–H and O–H groups in total. The minimum atomic E-state index is 0.0629. The van der Waals surface area contributed by atoms with Crippen molar-refractivity contribution in [1.82, 2.24) is 20.1 Å². The highest BCUT2D eigenvalue weighted by molar-refractivity contribution is 5.82.